The minimum atomic E-state index is 0.0553. The van der Waals surface area contributed by atoms with Crippen LogP contribution in [0.2, 0.25) is 0 Å². The zero-order chi connectivity index (χ0) is 14.9. The summed E-state index contributed by atoms with van der Waals surface area (Å²) in [5.41, 5.74) is 1.99. The first-order valence-corrected chi connectivity index (χ1v) is 6.73. The highest BCUT2D eigenvalue weighted by molar-refractivity contribution is 5.43. The highest BCUT2D eigenvalue weighted by atomic mass is 16.5. The smallest absolute Gasteiger partial charge is 0.213 e. The van der Waals surface area contributed by atoms with Crippen molar-refractivity contribution < 1.29 is 9.47 Å². The summed E-state index contributed by atoms with van der Waals surface area (Å²) < 4.78 is 10.6. The number of benzene rings is 1. The van der Waals surface area contributed by atoms with Gasteiger partial charge in [0.1, 0.15) is 11.8 Å². The predicted octanol–water partition coefficient (Wildman–Crippen LogP) is 2.99. The lowest BCUT2D eigenvalue weighted by Gasteiger charge is -2.09. The largest absolute Gasteiger partial charge is 0.479 e. The Morgan fingerprint density at radius 1 is 1.24 bits per heavy atom. The molecule has 0 atom stereocenters. The number of nitrogens with one attached hydrogen (secondary N) is 1. The number of ether oxygens (including phenoxy) is 2. The van der Waals surface area contributed by atoms with Gasteiger partial charge in [-0.1, -0.05) is 12.1 Å². The third-order valence-electron chi connectivity index (χ3n) is 2.73. The van der Waals surface area contributed by atoms with E-state index >= 15 is 0 Å². The molecule has 21 heavy (non-hydrogen) atoms. The van der Waals surface area contributed by atoms with Crippen LogP contribution in [0.15, 0.2) is 42.6 Å². The zero-order valence-corrected chi connectivity index (χ0v) is 11.9. The maximum atomic E-state index is 8.50. The van der Waals surface area contributed by atoms with Gasteiger partial charge in [0.2, 0.25) is 5.88 Å². The number of hydrogen-bond donors (Lipinski definition) is 1. The lowest BCUT2D eigenvalue weighted by atomic mass is 10.2. The van der Waals surface area contributed by atoms with E-state index in [0.717, 1.165) is 11.3 Å². The first-order valence-electron chi connectivity index (χ1n) is 6.73. The fourth-order valence-corrected chi connectivity index (χ4v) is 1.78. The van der Waals surface area contributed by atoms with Gasteiger partial charge >= 0.3 is 0 Å². The molecule has 0 saturated heterocycles. The first-order chi connectivity index (χ1) is 10.3. The van der Waals surface area contributed by atoms with Gasteiger partial charge in [-0.25, -0.2) is 4.98 Å². The standard InChI is InChI=1S/C16H17N3O2/c1-2-20-16-7-6-14(12-19-16)18-11-13-4-3-5-15(10-13)21-9-8-17/h3-7,10,12,18H,2,9,11H2,1H3. The predicted molar refractivity (Wildman–Crippen MR) is 80.3 cm³/mol. The van der Waals surface area contributed by atoms with E-state index in [4.69, 9.17) is 14.7 Å². The van der Waals surface area contributed by atoms with Crippen molar-refractivity contribution in [2.45, 2.75) is 13.5 Å². The number of hydrogen-bond acceptors (Lipinski definition) is 5. The average Bonchev–Trinajstić information content (AvgIpc) is 2.53. The molecule has 108 valence electrons. The topological polar surface area (TPSA) is 67.2 Å². The molecule has 0 saturated carbocycles. The van der Waals surface area contributed by atoms with Gasteiger partial charge in [0.05, 0.1) is 18.5 Å². The van der Waals surface area contributed by atoms with Crippen LogP contribution >= 0.6 is 0 Å². The van der Waals surface area contributed by atoms with Gasteiger partial charge < -0.3 is 14.8 Å². The number of pyridine rings is 1. The molecule has 0 aliphatic rings. The van der Waals surface area contributed by atoms with Crippen LogP contribution < -0.4 is 14.8 Å². The van der Waals surface area contributed by atoms with Crippen LogP contribution in [0.4, 0.5) is 5.69 Å². The molecule has 0 radical (unpaired) electrons. The van der Waals surface area contributed by atoms with Crippen LogP contribution in [0.3, 0.4) is 0 Å². The molecule has 0 bridgehead atoms. The molecule has 0 amide bonds. The molecule has 5 nitrogen and oxygen atoms in total. The summed E-state index contributed by atoms with van der Waals surface area (Å²) in [5.74, 6) is 1.32. The Labute approximate surface area is 124 Å². The minimum Gasteiger partial charge on any atom is -0.479 e. The van der Waals surface area contributed by atoms with Crippen molar-refractivity contribution in [3.05, 3.63) is 48.2 Å². The van der Waals surface area contributed by atoms with Crippen LogP contribution in [0.1, 0.15) is 12.5 Å². The Morgan fingerprint density at radius 3 is 2.86 bits per heavy atom. The second-order valence-corrected chi connectivity index (χ2v) is 4.27. The third-order valence-corrected chi connectivity index (χ3v) is 2.73. The monoisotopic (exact) mass is 283 g/mol. The van der Waals surface area contributed by atoms with Crippen LogP contribution in [0.25, 0.3) is 0 Å². The fraction of sp³-hybridized carbons (Fsp3) is 0.250. The second-order valence-electron chi connectivity index (χ2n) is 4.27. The number of anilines is 1. The molecule has 1 N–H and O–H groups in total. The van der Waals surface area contributed by atoms with Gasteiger partial charge in [-0.2, -0.15) is 5.26 Å². The van der Waals surface area contributed by atoms with Crippen molar-refractivity contribution in [3.8, 4) is 17.7 Å². The Kier molecular flexibility index (Phi) is 5.41. The molecular formula is C16H17N3O2. The lowest BCUT2D eigenvalue weighted by Crippen LogP contribution is -2.01. The van der Waals surface area contributed by atoms with Crippen LogP contribution in [-0.2, 0) is 6.54 Å². The molecule has 0 aliphatic carbocycles. The van der Waals surface area contributed by atoms with Gasteiger partial charge in [0, 0.05) is 12.6 Å². The Bertz CT molecular complexity index is 606. The highest BCUT2D eigenvalue weighted by Crippen LogP contribution is 2.16. The van der Waals surface area contributed by atoms with Crippen LogP contribution in [0, 0.1) is 11.3 Å². The molecule has 2 rings (SSSR count). The summed E-state index contributed by atoms with van der Waals surface area (Å²) in [6, 6.07) is 13.3. The molecule has 0 fully saturated rings. The Morgan fingerprint density at radius 2 is 2.14 bits per heavy atom. The molecule has 5 heteroatoms. The first kappa shape index (κ1) is 14.7. The van der Waals surface area contributed by atoms with E-state index in [2.05, 4.69) is 10.3 Å². The normalized spacial score (nSPS) is 9.71. The molecule has 0 aliphatic heterocycles. The molecule has 1 heterocycles. The van der Waals surface area contributed by atoms with Crippen molar-refractivity contribution in [2.24, 2.45) is 0 Å². The van der Waals surface area contributed by atoms with Gasteiger partial charge in [0.25, 0.3) is 0 Å². The molecule has 0 spiro atoms. The van der Waals surface area contributed by atoms with Crippen molar-refractivity contribution in [3.63, 3.8) is 0 Å². The number of nitrogens with zero attached hydrogens (tertiary/aromatic N) is 2. The van der Waals surface area contributed by atoms with E-state index in [9.17, 15) is 0 Å². The number of nitriles is 1. The molecule has 0 unspecified atom stereocenters. The molecular weight excluding hydrogens is 266 g/mol. The summed E-state index contributed by atoms with van der Waals surface area (Å²) >= 11 is 0. The molecule has 2 aromatic rings. The van der Waals surface area contributed by atoms with Gasteiger partial charge in [-0.05, 0) is 30.7 Å². The van der Waals surface area contributed by atoms with E-state index in [1.54, 1.807) is 6.20 Å². The summed E-state index contributed by atoms with van der Waals surface area (Å²) in [4.78, 5) is 4.19. The number of rotatable bonds is 7. The van der Waals surface area contributed by atoms with E-state index in [-0.39, 0.29) is 6.61 Å². The summed E-state index contributed by atoms with van der Waals surface area (Å²) in [5, 5.41) is 11.8. The Hall–Kier alpha value is -2.74. The average molecular weight is 283 g/mol. The zero-order valence-electron chi connectivity index (χ0n) is 11.9. The van der Waals surface area contributed by atoms with E-state index in [1.807, 2.05) is 49.4 Å². The minimum absolute atomic E-state index is 0.0553. The summed E-state index contributed by atoms with van der Waals surface area (Å²) in [6.07, 6.45) is 1.74. The highest BCUT2D eigenvalue weighted by Gasteiger charge is 1.99. The van der Waals surface area contributed by atoms with E-state index in [1.165, 1.54) is 0 Å². The summed E-state index contributed by atoms with van der Waals surface area (Å²) in [6.45, 7) is 3.24. The van der Waals surface area contributed by atoms with Gasteiger partial charge in [-0.3, -0.25) is 0 Å². The SMILES string of the molecule is CCOc1ccc(NCc2cccc(OCC#N)c2)cn1. The van der Waals surface area contributed by atoms with Crippen LogP contribution in [-0.4, -0.2) is 18.2 Å². The maximum Gasteiger partial charge on any atom is 0.213 e. The van der Waals surface area contributed by atoms with E-state index in [0.29, 0.717) is 24.8 Å². The Balaban J connectivity index is 1.91. The van der Waals surface area contributed by atoms with Gasteiger partial charge in [0.15, 0.2) is 6.61 Å². The van der Waals surface area contributed by atoms with Crippen molar-refractivity contribution in [2.75, 3.05) is 18.5 Å². The molecule has 1 aromatic carbocycles. The number of aromatic nitrogens is 1. The lowest BCUT2D eigenvalue weighted by molar-refractivity contribution is 0.327. The molecule has 1 aromatic heterocycles. The maximum absolute atomic E-state index is 8.50. The van der Waals surface area contributed by atoms with Crippen molar-refractivity contribution in [1.29, 1.82) is 5.26 Å². The van der Waals surface area contributed by atoms with Crippen molar-refractivity contribution in [1.82, 2.24) is 4.98 Å². The van der Waals surface area contributed by atoms with Crippen LogP contribution in [0.5, 0.6) is 11.6 Å². The van der Waals surface area contributed by atoms with E-state index < -0.39 is 0 Å². The fourth-order valence-electron chi connectivity index (χ4n) is 1.78. The van der Waals surface area contributed by atoms with Gasteiger partial charge in [-0.15, -0.1) is 0 Å². The quantitative estimate of drug-likeness (QED) is 0.846. The van der Waals surface area contributed by atoms with Crippen molar-refractivity contribution >= 4 is 5.69 Å². The second kappa shape index (κ2) is 7.75. The third kappa shape index (κ3) is 4.69. The summed E-state index contributed by atoms with van der Waals surface area (Å²) in [7, 11) is 0.